The van der Waals surface area contributed by atoms with Gasteiger partial charge >= 0.3 is 12.1 Å². The smallest absolute Gasteiger partial charge is 0.418 e. The van der Waals surface area contributed by atoms with Crippen LogP contribution >= 0.6 is 0 Å². The van der Waals surface area contributed by atoms with Gasteiger partial charge in [0.15, 0.2) is 6.61 Å². The molecule has 32 heavy (non-hydrogen) atoms. The van der Waals surface area contributed by atoms with Crippen molar-refractivity contribution in [1.82, 2.24) is 0 Å². The van der Waals surface area contributed by atoms with Crippen molar-refractivity contribution in [2.75, 3.05) is 30.0 Å². The van der Waals surface area contributed by atoms with E-state index in [1.165, 1.54) is 17.0 Å². The lowest BCUT2D eigenvalue weighted by Crippen LogP contribution is -2.28. The predicted molar refractivity (Wildman–Crippen MR) is 109 cm³/mol. The Labute approximate surface area is 182 Å². The maximum absolute atomic E-state index is 13.0. The van der Waals surface area contributed by atoms with Crippen molar-refractivity contribution in [2.24, 2.45) is 5.92 Å². The molecule has 2 aromatic carbocycles. The first-order chi connectivity index (χ1) is 15.2. The van der Waals surface area contributed by atoms with Crippen LogP contribution < -0.4 is 15.0 Å². The number of esters is 1. The highest BCUT2D eigenvalue weighted by Gasteiger charge is 2.37. The van der Waals surface area contributed by atoms with E-state index in [0.717, 1.165) is 12.1 Å². The van der Waals surface area contributed by atoms with Crippen LogP contribution in [0.1, 0.15) is 18.9 Å². The van der Waals surface area contributed by atoms with Gasteiger partial charge in [-0.25, -0.2) is 0 Å². The lowest BCUT2D eigenvalue weighted by atomic mass is 10.1. The molecule has 1 aliphatic heterocycles. The van der Waals surface area contributed by atoms with Crippen molar-refractivity contribution in [1.29, 1.82) is 0 Å². The van der Waals surface area contributed by atoms with Crippen molar-refractivity contribution in [3.63, 3.8) is 0 Å². The molecular weight excluding hydrogens is 429 g/mol. The fourth-order valence-corrected chi connectivity index (χ4v) is 3.28. The molecule has 1 heterocycles. The number of nitrogens with zero attached hydrogens (tertiary/aromatic N) is 1. The van der Waals surface area contributed by atoms with Crippen molar-refractivity contribution in [3.05, 3.63) is 54.1 Å². The maximum atomic E-state index is 13.0. The molecule has 0 radical (unpaired) electrons. The molecule has 0 aliphatic carbocycles. The number of carbonyl (C=O) groups is 3. The third-order valence-electron chi connectivity index (χ3n) is 4.77. The Bertz CT molecular complexity index is 992. The quantitative estimate of drug-likeness (QED) is 0.651. The van der Waals surface area contributed by atoms with Gasteiger partial charge in [-0.2, -0.15) is 13.2 Å². The summed E-state index contributed by atoms with van der Waals surface area (Å²) < 4.78 is 49.3. The molecule has 1 aliphatic rings. The topological polar surface area (TPSA) is 84.9 Å². The molecule has 1 N–H and O–H groups in total. The second-order valence-electron chi connectivity index (χ2n) is 7.03. The molecule has 170 valence electrons. The second-order valence-corrected chi connectivity index (χ2v) is 7.03. The fourth-order valence-electron chi connectivity index (χ4n) is 3.28. The van der Waals surface area contributed by atoms with Gasteiger partial charge in [-0.15, -0.1) is 0 Å². The molecule has 0 unspecified atom stereocenters. The Morgan fingerprint density at radius 2 is 1.81 bits per heavy atom. The van der Waals surface area contributed by atoms with Gasteiger partial charge in [-0.1, -0.05) is 12.1 Å². The fraction of sp³-hybridized carbons (Fsp3) is 0.318. The summed E-state index contributed by atoms with van der Waals surface area (Å²) in [5, 5.41) is 2.10. The van der Waals surface area contributed by atoms with Crippen LogP contribution in [0.4, 0.5) is 24.5 Å². The van der Waals surface area contributed by atoms with E-state index in [1.807, 2.05) is 6.92 Å². The van der Waals surface area contributed by atoms with Crippen LogP contribution in [-0.2, 0) is 25.3 Å². The second kappa shape index (κ2) is 9.71. The molecule has 7 nitrogen and oxygen atoms in total. The lowest BCUT2D eigenvalue weighted by molar-refractivity contribution is -0.151. The first-order valence-electron chi connectivity index (χ1n) is 9.85. The largest absolute Gasteiger partial charge is 0.494 e. The van der Waals surface area contributed by atoms with E-state index in [2.05, 4.69) is 5.32 Å². The van der Waals surface area contributed by atoms with Gasteiger partial charge in [0.25, 0.3) is 5.91 Å². The molecule has 0 saturated carbocycles. The zero-order valence-electron chi connectivity index (χ0n) is 17.1. The van der Waals surface area contributed by atoms with E-state index >= 15 is 0 Å². The van der Waals surface area contributed by atoms with Crippen LogP contribution in [-0.4, -0.2) is 37.5 Å². The summed E-state index contributed by atoms with van der Waals surface area (Å²) in [6.07, 6.45) is -4.74. The minimum atomic E-state index is -4.64. The SMILES string of the molecule is CCOc1ccc(N2C[C@H](C(=O)OCC(=O)Nc3ccccc3C(F)(F)F)CC2=O)cc1. The van der Waals surface area contributed by atoms with Crippen molar-refractivity contribution >= 4 is 29.2 Å². The number of ether oxygens (including phenoxy) is 2. The number of amides is 2. The molecule has 3 rings (SSSR count). The van der Waals surface area contributed by atoms with Crippen LogP contribution in [0.25, 0.3) is 0 Å². The molecule has 10 heteroatoms. The Kier molecular flexibility index (Phi) is 7.01. The highest BCUT2D eigenvalue weighted by Crippen LogP contribution is 2.34. The number of hydrogen-bond acceptors (Lipinski definition) is 5. The van der Waals surface area contributed by atoms with Gasteiger partial charge in [0, 0.05) is 18.7 Å². The molecule has 1 saturated heterocycles. The van der Waals surface area contributed by atoms with Crippen LogP contribution in [0, 0.1) is 5.92 Å². The minimum Gasteiger partial charge on any atom is -0.494 e. The average molecular weight is 450 g/mol. The Morgan fingerprint density at radius 3 is 2.47 bits per heavy atom. The van der Waals surface area contributed by atoms with Crippen molar-refractivity contribution in [3.8, 4) is 5.75 Å². The van der Waals surface area contributed by atoms with E-state index in [0.29, 0.717) is 18.0 Å². The summed E-state index contributed by atoms with van der Waals surface area (Å²) in [5.74, 6) is -2.10. The summed E-state index contributed by atoms with van der Waals surface area (Å²) in [5.41, 5.74) is -0.846. The van der Waals surface area contributed by atoms with Crippen LogP contribution in [0.3, 0.4) is 0 Å². The summed E-state index contributed by atoms with van der Waals surface area (Å²) in [4.78, 5) is 38.1. The van der Waals surface area contributed by atoms with E-state index < -0.39 is 41.8 Å². The first-order valence-corrected chi connectivity index (χ1v) is 9.85. The number of halogens is 3. The number of nitrogens with one attached hydrogen (secondary N) is 1. The monoisotopic (exact) mass is 450 g/mol. The van der Waals surface area contributed by atoms with Gasteiger partial charge in [0.05, 0.1) is 23.8 Å². The minimum absolute atomic E-state index is 0.0736. The molecule has 0 aromatic heterocycles. The third kappa shape index (κ3) is 5.57. The van der Waals surface area contributed by atoms with E-state index in [4.69, 9.17) is 9.47 Å². The number of rotatable bonds is 7. The molecule has 1 fully saturated rings. The number of para-hydroxylation sites is 1. The van der Waals surface area contributed by atoms with Crippen LogP contribution in [0.5, 0.6) is 5.75 Å². The normalized spacial score (nSPS) is 16.1. The van der Waals surface area contributed by atoms with Crippen molar-refractivity contribution < 1.29 is 37.0 Å². The summed E-state index contributed by atoms with van der Waals surface area (Å²) >= 11 is 0. The molecular formula is C22H21F3N2O5. The Balaban J connectivity index is 1.54. The Morgan fingerprint density at radius 1 is 1.12 bits per heavy atom. The van der Waals surface area contributed by atoms with E-state index in [9.17, 15) is 27.6 Å². The van der Waals surface area contributed by atoms with E-state index in [1.54, 1.807) is 24.3 Å². The zero-order chi connectivity index (χ0) is 23.3. The standard InChI is InChI=1S/C22H21F3N2O5/c1-2-31-16-9-7-15(8-10-16)27-12-14(11-20(27)29)21(30)32-13-19(28)26-18-6-4-3-5-17(18)22(23,24)25/h3-10,14H,2,11-13H2,1H3,(H,26,28)/t14-/m1/s1. The Hall–Kier alpha value is -3.56. The molecule has 2 amide bonds. The van der Waals surface area contributed by atoms with Crippen LogP contribution in [0.15, 0.2) is 48.5 Å². The van der Waals surface area contributed by atoms with Gasteiger partial charge < -0.3 is 19.7 Å². The number of alkyl halides is 3. The number of anilines is 2. The predicted octanol–water partition coefficient (Wildman–Crippen LogP) is 3.64. The molecule has 0 bridgehead atoms. The van der Waals surface area contributed by atoms with Gasteiger partial charge in [-0.05, 0) is 43.3 Å². The lowest BCUT2D eigenvalue weighted by Gasteiger charge is -2.17. The van der Waals surface area contributed by atoms with Gasteiger partial charge in [0.2, 0.25) is 5.91 Å². The molecule has 1 atom stereocenters. The number of carbonyl (C=O) groups excluding carboxylic acids is 3. The third-order valence-corrected chi connectivity index (χ3v) is 4.77. The summed E-state index contributed by atoms with van der Waals surface area (Å²) in [6.45, 7) is 1.66. The maximum Gasteiger partial charge on any atom is 0.418 e. The molecule has 2 aromatic rings. The highest BCUT2D eigenvalue weighted by atomic mass is 19.4. The van der Waals surface area contributed by atoms with Gasteiger partial charge in [0.1, 0.15) is 5.75 Å². The van der Waals surface area contributed by atoms with Crippen molar-refractivity contribution in [2.45, 2.75) is 19.5 Å². The highest BCUT2D eigenvalue weighted by molar-refractivity contribution is 6.00. The molecule has 0 spiro atoms. The number of benzene rings is 2. The zero-order valence-corrected chi connectivity index (χ0v) is 17.1. The average Bonchev–Trinajstić information content (AvgIpc) is 3.14. The summed E-state index contributed by atoms with van der Waals surface area (Å²) in [6, 6.07) is 11.3. The summed E-state index contributed by atoms with van der Waals surface area (Å²) in [7, 11) is 0. The number of hydrogen-bond donors (Lipinski definition) is 1. The van der Waals surface area contributed by atoms with Gasteiger partial charge in [-0.3, -0.25) is 14.4 Å². The first kappa shape index (κ1) is 23.1. The van der Waals surface area contributed by atoms with Crippen LogP contribution in [0.2, 0.25) is 0 Å². The van der Waals surface area contributed by atoms with E-state index in [-0.39, 0.29) is 18.9 Å².